The minimum absolute atomic E-state index is 0.0227. The lowest BCUT2D eigenvalue weighted by Crippen LogP contribution is -2.57. The summed E-state index contributed by atoms with van der Waals surface area (Å²) in [4.78, 5) is 6.04. The molecule has 3 heterocycles. The van der Waals surface area contributed by atoms with Crippen LogP contribution in [0.15, 0.2) is 30.3 Å². The van der Waals surface area contributed by atoms with Crippen LogP contribution in [0.2, 0.25) is 0 Å². The zero-order valence-electron chi connectivity index (χ0n) is 12.3. The van der Waals surface area contributed by atoms with Crippen molar-refractivity contribution in [2.75, 3.05) is 6.54 Å². The summed E-state index contributed by atoms with van der Waals surface area (Å²) in [5.74, 6) is -0.642. The van der Waals surface area contributed by atoms with Gasteiger partial charge < -0.3 is 14.6 Å². The van der Waals surface area contributed by atoms with E-state index in [0.717, 1.165) is 12.0 Å². The van der Waals surface area contributed by atoms with Gasteiger partial charge in [-0.15, -0.1) is 0 Å². The number of hydrogen-bond donors (Lipinski definition) is 1. The summed E-state index contributed by atoms with van der Waals surface area (Å²) < 4.78 is 11.9. The fourth-order valence-electron chi connectivity index (χ4n) is 3.66. The molecule has 114 valence electrons. The maximum atomic E-state index is 10.3. The van der Waals surface area contributed by atoms with E-state index in [9.17, 15) is 5.11 Å². The summed E-state index contributed by atoms with van der Waals surface area (Å²) in [7, 11) is 0. The molecule has 3 aliphatic heterocycles. The summed E-state index contributed by atoms with van der Waals surface area (Å²) >= 11 is 0. The maximum absolute atomic E-state index is 10.3. The van der Waals surface area contributed by atoms with E-state index < -0.39 is 11.9 Å². The molecule has 21 heavy (non-hydrogen) atoms. The third kappa shape index (κ3) is 2.29. The molecule has 3 saturated heterocycles. The van der Waals surface area contributed by atoms with Crippen molar-refractivity contribution >= 4 is 0 Å². The number of aliphatic hydroxyl groups excluding tert-OH is 1. The number of nitrogens with zero attached hydrogens (tertiary/aromatic N) is 1. The van der Waals surface area contributed by atoms with Crippen LogP contribution in [0, 0.1) is 0 Å². The van der Waals surface area contributed by atoms with Crippen LogP contribution in [0.1, 0.15) is 31.9 Å². The van der Waals surface area contributed by atoms with Crippen LogP contribution in [0.4, 0.5) is 0 Å². The maximum Gasteiger partial charge on any atom is 0.163 e. The number of hydroxylamine groups is 2. The number of rotatable bonds is 1. The lowest BCUT2D eigenvalue weighted by Gasteiger charge is -2.37. The molecule has 1 N–H and O–H groups in total. The van der Waals surface area contributed by atoms with E-state index in [1.165, 1.54) is 0 Å². The SMILES string of the molecule is CC1(C)O[C@@H]2[C@H](O1)[C@H](O)CN1O[C@H](c3ccccc3)C[C@@H]21. The van der Waals surface area contributed by atoms with Crippen molar-refractivity contribution in [3.05, 3.63) is 35.9 Å². The Hall–Kier alpha value is -0.980. The van der Waals surface area contributed by atoms with Crippen LogP contribution in [-0.2, 0) is 14.3 Å². The lowest BCUT2D eigenvalue weighted by molar-refractivity contribution is -0.218. The van der Waals surface area contributed by atoms with Gasteiger partial charge in [-0.25, -0.2) is 0 Å². The van der Waals surface area contributed by atoms with Crippen LogP contribution in [-0.4, -0.2) is 46.9 Å². The Kier molecular flexibility index (Phi) is 3.10. The van der Waals surface area contributed by atoms with Gasteiger partial charge in [0.1, 0.15) is 18.3 Å². The Morgan fingerprint density at radius 2 is 1.86 bits per heavy atom. The zero-order valence-corrected chi connectivity index (χ0v) is 12.3. The molecular formula is C16H21NO4. The Morgan fingerprint density at radius 1 is 1.14 bits per heavy atom. The highest BCUT2D eigenvalue weighted by Gasteiger charge is 2.56. The Morgan fingerprint density at radius 3 is 2.62 bits per heavy atom. The molecule has 0 bridgehead atoms. The highest BCUT2D eigenvalue weighted by atomic mass is 16.8. The highest BCUT2D eigenvalue weighted by molar-refractivity contribution is 5.19. The number of piperidine rings is 1. The van der Waals surface area contributed by atoms with Crippen molar-refractivity contribution in [3.63, 3.8) is 0 Å². The van der Waals surface area contributed by atoms with E-state index in [0.29, 0.717) is 6.54 Å². The van der Waals surface area contributed by atoms with Gasteiger partial charge in [0.25, 0.3) is 0 Å². The van der Waals surface area contributed by atoms with Gasteiger partial charge in [0.15, 0.2) is 5.79 Å². The molecule has 5 atom stereocenters. The van der Waals surface area contributed by atoms with E-state index in [4.69, 9.17) is 14.3 Å². The second kappa shape index (κ2) is 4.76. The van der Waals surface area contributed by atoms with Gasteiger partial charge >= 0.3 is 0 Å². The van der Waals surface area contributed by atoms with Gasteiger partial charge in [-0.3, -0.25) is 4.84 Å². The minimum atomic E-state index is -0.642. The first-order chi connectivity index (χ1) is 10.0. The molecule has 3 aliphatic rings. The monoisotopic (exact) mass is 291 g/mol. The largest absolute Gasteiger partial charge is 0.389 e. The predicted molar refractivity (Wildman–Crippen MR) is 75.2 cm³/mol. The third-order valence-corrected chi connectivity index (χ3v) is 4.55. The van der Waals surface area contributed by atoms with E-state index in [1.807, 2.05) is 37.1 Å². The molecule has 0 aromatic heterocycles. The molecule has 0 amide bonds. The molecule has 0 saturated carbocycles. The number of benzene rings is 1. The van der Waals surface area contributed by atoms with E-state index in [-0.39, 0.29) is 24.4 Å². The fourth-order valence-corrected chi connectivity index (χ4v) is 3.66. The number of fused-ring (bicyclic) bond motifs is 3. The molecule has 0 spiro atoms. The molecule has 1 aromatic carbocycles. The van der Waals surface area contributed by atoms with Crippen LogP contribution in [0.25, 0.3) is 0 Å². The van der Waals surface area contributed by atoms with Gasteiger partial charge in [-0.1, -0.05) is 30.3 Å². The second-order valence-corrected chi connectivity index (χ2v) is 6.54. The van der Waals surface area contributed by atoms with E-state index >= 15 is 0 Å². The van der Waals surface area contributed by atoms with Crippen molar-refractivity contribution in [1.29, 1.82) is 0 Å². The Balaban J connectivity index is 1.58. The topological polar surface area (TPSA) is 51.2 Å². The van der Waals surface area contributed by atoms with Gasteiger partial charge in [0.2, 0.25) is 0 Å². The molecule has 5 heteroatoms. The molecular weight excluding hydrogens is 270 g/mol. The number of hydrogen-bond acceptors (Lipinski definition) is 5. The first-order valence-electron chi connectivity index (χ1n) is 7.55. The summed E-state index contributed by atoms with van der Waals surface area (Å²) in [6.07, 6.45) is -0.106. The lowest BCUT2D eigenvalue weighted by atomic mass is 9.91. The van der Waals surface area contributed by atoms with Crippen LogP contribution >= 0.6 is 0 Å². The molecule has 0 unspecified atom stereocenters. The summed E-state index contributed by atoms with van der Waals surface area (Å²) in [5, 5.41) is 12.2. The van der Waals surface area contributed by atoms with Crippen LogP contribution in [0.3, 0.4) is 0 Å². The third-order valence-electron chi connectivity index (χ3n) is 4.55. The van der Waals surface area contributed by atoms with Crippen molar-refractivity contribution in [2.24, 2.45) is 0 Å². The van der Waals surface area contributed by atoms with Gasteiger partial charge in [-0.2, -0.15) is 5.06 Å². The minimum Gasteiger partial charge on any atom is -0.389 e. The quantitative estimate of drug-likeness (QED) is 0.852. The van der Waals surface area contributed by atoms with Crippen LogP contribution in [0.5, 0.6) is 0 Å². The molecule has 4 rings (SSSR count). The molecule has 0 radical (unpaired) electrons. The Bertz CT molecular complexity index is 520. The van der Waals surface area contributed by atoms with Gasteiger partial charge in [-0.05, 0) is 19.4 Å². The predicted octanol–water partition coefficient (Wildman–Crippen LogP) is 1.63. The molecule has 1 aromatic rings. The second-order valence-electron chi connectivity index (χ2n) is 6.54. The van der Waals surface area contributed by atoms with Crippen molar-refractivity contribution in [2.45, 2.75) is 56.5 Å². The molecule has 5 nitrogen and oxygen atoms in total. The average Bonchev–Trinajstić information content (AvgIpc) is 3.00. The number of ether oxygens (including phenoxy) is 2. The summed E-state index contributed by atoms with van der Waals surface area (Å²) in [6.45, 7) is 4.26. The first kappa shape index (κ1) is 13.7. The van der Waals surface area contributed by atoms with Gasteiger partial charge in [0, 0.05) is 6.42 Å². The van der Waals surface area contributed by atoms with E-state index in [2.05, 4.69) is 12.1 Å². The molecule has 3 fully saturated rings. The normalized spacial score (nSPS) is 41.8. The summed E-state index contributed by atoms with van der Waals surface area (Å²) in [6, 6.07) is 10.3. The van der Waals surface area contributed by atoms with Crippen molar-refractivity contribution in [1.82, 2.24) is 5.06 Å². The van der Waals surface area contributed by atoms with E-state index in [1.54, 1.807) is 0 Å². The summed E-state index contributed by atoms with van der Waals surface area (Å²) in [5.41, 5.74) is 1.16. The van der Waals surface area contributed by atoms with Crippen LogP contribution < -0.4 is 0 Å². The zero-order chi connectivity index (χ0) is 14.6. The van der Waals surface area contributed by atoms with Crippen molar-refractivity contribution in [3.8, 4) is 0 Å². The fraction of sp³-hybridized carbons (Fsp3) is 0.625. The standard InChI is InChI=1S/C16H21NO4/c1-16(2)19-14-11-8-13(10-6-4-3-5-7-10)21-17(11)9-12(18)15(14)20-16/h3-7,11-15,18H,8-9H2,1-2H3/t11-,12+,13-,14-,15+/m0/s1. The van der Waals surface area contributed by atoms with Gasteiger partial charge in [0.05, 0.1) is 18.7 Å². The molecule has 0 aliphatic carbocycles. The average molecular weight is 291 g/mol. The highest BCUT2D eigenvalue weighted by Crippen LogP contribution is 2.44. The first-order valence-corrected chi connectivity index (χ1v) is 7.55. The smallest absolute Gasteiger partial charge is 0.163 e. The Labute approximate surface area is 124 Å². The number of aliphatic hydroxyl groups is 1. The van der Waals surface area contributed by atoms with Crippen molar-refractivity contribution < 1.29 is 19.4 Å².